The summed E-state index contributed by atoms with van der Waals surface area (Å²) in [5.41, 5.74) is 0.732. The highest BCUT2D eigenvalue weighted by Crippen LogP contribution is 2.27. The lowest BCUT2D eigenvalue weighted by atomic mass is 10.0. The molecule has 0 unspecified atom stereocenters. The molecule has 1 saturated carbocycles. The van der Waals surface area contributed by atoms with Gasteiger partial charge in [0.15, 0.2) is 5.76 Å². The van der Waals surface area contributed by atoms with Crippen LogP contribution in [0.15, 0.2) is 70.7 Å². The molecule has 0 aliphatic heterocycles. The van der Waals surface area contributed by atoms with Crippen LogP contribution in [0.25, 0.3) is 0 Å². The van der Waals surface area contributed by atoms with E-state index in [-0.39, 0.29) is 36.7 Å². The first-order valence-electron chi connectivity index (χ1n) is 11.1. The van der Waals surface area contributed by atoms with Crippen LogP contribution in [-0.2, 0) is 16.1 Å². The minimum atomic E-state index is -0.804. The smallest absolute Gasteiger partial charge is 0.287 e. The first kappa shape index (κ1) is 22.8. The van der Waals surface area contributed by atoms with Crippen molar-refractivity contribution in [3.63, 3.8) is 0 Å². The second-order valence-electron chi connectivity index (χ2n) is 8.06. The quantitative estimate of drug-likeness (QED) is 0.501. The summed E-state index contributed by atoms with van der Waals surface area (Å²) in [7, 11) is 0. The average molecular weight is 466 g/mol. The molecule has 0 radical (unpaired) electrons. The molecule has 1 atom stereocenters. The van der Waals surface area contributed by atoms with Crippen LogP contribution < -0.4 is 10.6 Å². The van der Waals surface area contributed by atoms with Crippen molar-refractivity contribution in [2.75, 3.05) is 6.54 Å². The molecule has 4 rings (SSSR count). The Morgan fingerprint density at radius 1 is 1.03 bits per heavy atom. The van der Waals surface area contributed by atoms with Crippen molar-refractivity contribution in [1.29, 1.82) is 0 Å². The number of benzene rings is 1. The van der Waals surface area contributed by atoms with Crippen LogP contribution in [-0.4, -0.2) is 35.2 Å². The van der Waals surface area contributed by atoms with Gasteiger partial charge in [-0.05, 0) is 42.0 Å². The van der Waals surface area contributed by atoms with Crippen LogP contribution in [0, 0.1) is 0 Å². The Morgan fingerprint density at radius 3 is 2.48 bits per heavy atom. The number of hydrogen-bond donors (Lipinski definition) is 2. The minimum absolute atomic E-state index is 0.126. The van der Waals surface area contributed by atoms with E-state index in [1.54, 1.807) is 11.0 Å². The summed E-state index contributed by atoms with van der Waals surface area (Å²) in [6.07, 6.45) is 5.49. The lowest BCUT2D eigenvalue weighted by molar-refractivity contribution is -0.141. The number of rotatable bonds is 9. The van der Waals surface area contributed by atoms with Crippen LogP contribution in [0.5, 0.6) is 0 Å². The maximum Gasteiger partial charge on any atom is 0.287 e. The summed E-state index contributed by atoms with van der Waals surface area (Å²) in [5, 5.41) is 7.70. The third kappa shape index (κ3) is 5.90. The number of nitrogens with zero attached hydrogens (tertiary/aromatic N) is 1. The van der Waals surface area contributed by atoms with Crippen molar-refractivity contribution in [2.24, 2.45) is 0 Å². The Labute approximate surface area is 196 Å². The van der Waals surface area contributed by atoms with Crippen LogP contribution in [0.3, 0.4) is 0 Å². The van der Waals surface area contributed by atoms with Gasteiger partial charge in [-0.3, -0.25) is 14.4 Å². The Balaban J connectivity index is 1.58. The Hall–Kier alpha value is -3.39. The summed E-state index contributed by atoms with van der Waals surface area (Å²) in [6.45, 7) is 0.0235. The molecule has 1 aliphatic rings. The maximum absolute atomic E-state index is 13.5. The van der Waals surface area contributed by atoms with Gasteiger partial charge < -0.3 is 20.0 Å². The molecule has 8 heteroatoms. The molecule has 0 bridgehead atoms. The SMILES string of the molecule is O=C(NCC(=O)N(Cc1cccs1)[C@H](C(=O)NC1CCCC1)c1ccccc1)c1ccco1. The van der Waals surface area contributed by atoms with Crippen LogP contribution in [0.4, 0.5) is 0 Å². The summed E-state index contributed by atoms with van der Waals surface area (Å²) < 4.78 is 5.10. The third-order valence-electron chi connectivity index (χ3n) is 5.75. The van der Waals surface area contributed by atoms with Crippen LogP contribution >= 0.6 is 11.3 Å². The fourth-order valence-corrected chi connectivity index (χ4v) is 4.81. The van der Waals surface area contributed by atoms with Gasteiger partial charge in [0, 0.05) is 10.9 Å². The molecular formula is C25H27N3O4S. The van der Waals surface area contributed by atoms with Gasteiger partial charge >= 0.3 is 0 Å². The molecule has 172 valence electrons. The predicted molar refractivity (Wildman–Crippen MR) is 125 cm³/mol. The molecule has 1 aliphatic carbocycles. The first-order valence-corrected chi connectivity index (χ1v) is 12.0. The van der Waals surface area contributed by atoms with Crippen molar-refractivity contribution < 1.29 is 18.8 Å². The Morgan fingerprint density at radius 2 is 1.82 bits per heavy atom. The fourth-order valence-electron chi connectivity index (χ4n) is 4.10. The maximum atomic E-state index is 13.5. The van der Waals surface area contributed by atoms with E-state index in [9.17, 15) is 14.4 Å². The zero-order chi connectivity index (χ0) is 23.0. The number of carbonyl (C=O) groups excluding carboxylic acids is 3. The normalized spacial score (nSPS) is 14.5. The van der Waals surface area contributed by atoms with Gasteiger partial charge in [-0.25, -0.2) is 0 Å². The lowest BCUT2D eigenvalue weighted by Crippen LogP contribution is -2.48. The summed E-state index contributed by atoms with van der Waals surface area (Å²) in [5.74, 6) is -0.892. The number of amides is 3. The van der Waals surface area contributed by atoms with E-state index < -0.39 is 11.9 Å². The summed E-state index contributed by atoms with van der Waals surface area (Å²) in [6, 6.07) is 15.6. The summed E-state index contributed by atoms with van der Waals surface area (Å²) in [4.78, 5) is 41.7. The van der Waals surface area contributed by atoms with Gasteiger partial charge in [0.05, 0.1) is 19.4 Å². The van der Waals surface area contributed by atoms with Gasteiger partial charge in [0.25, 0.3) is 5.91 Å². The summed E-state index contributed by atoms with van der Waals surface area (Å²) >= 11 is 1.52. The number of hydrogen-bond acceptors (Lipinski definition) is 5. The van der Waals surface area contributed by atoms with Crippen molar-refractivity contribution in [3.8, 4) is 0 Å². The van der Waals surface area contributed by atoms with Crippen molar-refractivity contribution in [1.82, 2.24) is 15.5 Å². The zero-order valence-corrected chi connectivity index (χ0v) is 19.1. The van der Waals surface area contributed by atoms with Crippen LogP contribution in [0.1, 0.15) is 52.7 Å². The highest BCUT2D eigenvalue weighted by atomic mass is 32.1. The van der Waals surface area contributed by atoms with Crippen molar-refractivity contribution in [3.05, 3.63) is 82.4 Å². The van der Waals surface area contributed by atoms with Crippen molar-refractivity contribution in [2.45, 2.75) is 44.3 Å². The number of carbonyl (C=O) groups is 3. The van der Waals surface area contributed by atoms with E-state index >= 15 is 0 Å². The number of nitrogens with one attached hydrogen (secondary N) is 2. The third-order valence-corrected chi connectivity index (χ3v) is 6.61. The van der Waals surface area contributed by atoms with E-state index in [0.717, 1.165) is 36.1 Å². The topological polar surface area (TPSA) is 91.7 Å². The average Bonchev–Trinajstić information content (AvgIpc) is 3.61. The second kappa shape index (κ2) is 11.0. The number of furan rings is 1. The van der Waals surface area contributed by atoms with E-state index in [2.05, 4.69) is 10.6 Å². The Kier molecular flexibility index (Phi) is 7.57. The van der Waals surface area contributed by atoms with Crippen molar-refractivity contribution >= 4 is 29.1 Å². The highest BCUT2D eigenvalue weighted by molar-refractivity contribution is 7.09. The van der Waals surface area contributed by atoms with Gasteiger partial charge in [-0.2, -0.15) is 0 Å². The van der Waals surface area contributed by atoms with Gasteiger partial charge in [-0.1, -0.05) is 49.2 Å². The molecule has 2 aromatic heterocycles. The first-order chi connectivity index (χ1) is 16.1. The molecule has 1 fully saturated rings. The molecule has 33 heavy (non-hydrogen) atoms. The lowest BCUT2D eigenvalue weighted by Gasteiger charge is -2.32. The molecule has 1 aromatic carbocycles. The van der Waals surface area contributed by atoms with E-state index in [0.29, 0.717) is 0 Å². The van der Waals surface area contributed by atoms with E-state index in [4.69, 9.17) is 4.42 Å². The molecule has 0 saturated heterocycles. The molecule has 2 N–H and O–H groups in total. The molecule has 0 spiro atoms. The minimum Gasteiger partial charge on any atom is -0.459 e. The molecule has 2 heterocycles. The molecule has 7 nitrogen and oxygen atoms in total. The molecular weight excluding hydrogens is 438 g/mol. The second-order valence-corrected chi connectivity index (χ2v) is 9.10. The number of thiophene rings is 1. The van der Waals surface area contributed by atoms with Gasteiger partial charge in [-0.15, -0.1) is 11.3 Å². The zero-order valence-electron chi connectivity index (χ0n) is 18.2. The van der Waals surface area contributed by atoms with Gasteiger partial charge in [0.1, 0.15) is 6.04 Å². The largest absolute Gasteiger partial charge is 0.459 e. The van der Waals surface area contributed by atoms with Crippen LogP contribution in [0.2, 0.25) is 0 Å². The molecule has 3 aromatic rings. The molecule has 3 amide bonds. The fraction of sp³-hybridized carbons (Fsp3) is 0.320. The monoisotopic (exact) mass is 465 g/mol. The van der Waals surface area contributed by atoms with E-state index in [1.165, 1.54) is 23.7 Å². The van der Waals surface area contributed by atoms with Gasteiger partial charge in [0.2, 0.25) is 11.8 Å². The standard InChI is InChI=1S/C25H27N3O4S/c29-22(16-26-24(30)21-13-6-14-32-21)28(17-20-12-7-15-33-20)23(18-8-2-1-3-9-18)25(31)27-19-10-4-5-11-19/h1-3,6-9,12-15,19,23H,4-5,10-11,16-17H2,(H,26,30)(H,27,31)/t23-/m0/s1. The Bertz CT molecular complexity index is 1040. The highest BCUT2D eigenvalue weighted by Gasteiger charge is 2.33. The van der Waals surface area contributed by atoms with E-state index in [1.807, 2.05) is 47.8 Å². The predicted octanol–water partition coefficient (Wildman–Crippen LogP) is 3.90.